The van der Waals surface area contributed by atoms with E-state index < -0.39 is 0 Å². The number of thiazole rings is 1. The molecule has 26 heavy (non-hydrogen) atoms. The van der Waals surface area contributed by atoms with E-state index in [0.717, 1.165) is 16.3 Å². The highest BCUT2D eigenvalue weighted by molar-refractivity contribution is 14.0. The number of aryl methyl sites for hydroxylation is 2. The Bertz CT molecular complexity index is 720. The van der Waals surface area contributed by atoms with Gasteiger partial charge in [0.15, 0.2) is 17.5 Å². The summed E-state index contributed by atoms with van der Waals surface area (Å²) in [5, 5.41) is 17.4. The number of rotatable bonds is 6. The van der Waals surface area contributed by atoms with E-state index in [1.165, 1.54) is 19.1 Å². The van der Waals surface area contributed by atoms with Crippen molar-refractivity contribution in [2.24, 2.45) is 4.99 Å². The van der Waals surface area contributed by atoms with Gasteiger partial charge in [0, 0.05) is 18.5 Å². The molecular weight excluding hydrogens is 467 g/mol. The topological polar surface area (TPSA) is 88.0 Å². The van der Waals surface area contributed by atoms with Gasteiger partial charge in [0.1, 0.15) is 5.01 Å². The number of aromatic hydroxyl groups is 1. The molecule has 0 unspecified atom stereocenters. The Kier molecular flexibility index (Phi) is 8.93. The Morgan fingerprint density at radius 3 is 2.19 bits per heavy atom. The molecule has 1 aromatic carbocycles. The number of phenols is 1. The van der Waals surface area contributed by atoms with E-state index in [9.17, 15) is 5.11 Å². The van der Waals surface area contributed by atoms with Crippen molar-refractivity contribution in [2.45, 2.75) is 26.9 Å². The van der Waals surface area contributed by atoms with Crippen molar-refractivity contribution in [3.05, 3.63) is 33.3 Å². The molecule has 2 aromatic rings. The van der Waals surface area contributed by atoms with Crippen LogP contribution in [0.5, 0.6) is 17.2 Å². The van der Waals surface area contributed by atoms with Crippen molar-refractivity contribution in [3.63, 3.8) is 0 Å². The zero-order valence-electron chi connectivity index (χ0n) is 15.5. The predicted molar refractivity (Wildman–Crippen MR) is 115 cm³/mol. The van der Waals surface area contributed by atoms with Gasteiger partial charge in [0.05, 0.1) is 26.5 Å². The lowest BCUT2D eigenvalue weighted by atomic mass is 10.2. The fraction of sp³-hybridized carbons (Fsp3) is 0.412. The molecule has 3 N–H and O–H groups in total. The van der Waals surface area contributed by atoms with Gasteiger partial charge in [-0.1, -0.05) is 0 Å². The number of hydrogen-bond acceptors (Lipinski definition) is 6. The SMILES string of the molecule is CN=C(NCc1cc(OC)c(O)c(OC)c1)NCc1nc(C)c(C)s1.I. The molecule has 0 saturated carbocycles. The van der Waals surface area contributed by atoms with Crippen molar-refractivity contribution in [2.75, 3.05) is 21.3 Å². The number of phenolic OH excluding ortho intramolecular Hbond substituents is 1. The quantitative estimate of drug-likeness (QED) is 0.327. The largest absolute Gasteiger partial charge is 0.502 e. The first-order valence-corrected chi connectivity index (χ1v) is 8.61. The predicted octanol–water partition coefficient (Wildman–Crippen LogP) is 2.97. The maximum absolute atomic E-state index is 9.96. The standard InChI is InChI=1S/C17H24N4O3S.HI/c1-10-11(2)25-15(21-10)9-20-17(18-3)19-8-12-6-13(23-4)16(22)14(7-12)24-5;/h6-7,22H,8-9H2,1-5H3,(H2,18,19,20);1H. The van der Waals surface area contributed by atoms with E-state index in [1.54, 1.807) is 30.5 Å². The van der Waals surface area contributed by atoms with E-state index in [0.29, 0.717) is 30.5 Å². The Morgan fingerprint density at radius 2 is 1.73 bits per heavy atom. The van der Waals surface area contributed by atoms with Crippen molar-refractivity contribution in [3.8, 4) is 17.2 Å². The number of nitrogens with zero attached hydrogens (tertiary/aromatic N) is 2. The van der Waals surface area contributed by atoms with Gasteiger partial charge in [-0.2, -0.15) is 0 Å². The van der Waals surface area contributed by atoms with Crippen molar-refractivity contribution >= 4 is 41.3 Å². The summed E-state index contributed by atoms with van der Waals surface area (Å²) in [4.78, 5) is 9.94. The lowest BCUT2D eigenvalue weighted by Gasteiger charge is -2.14. The van der Waals surface area contributed by atoms with Crippen LogP contribution in [-0.4, -0.2) is 37.3 Å². The van der Waals surface area contributed by atoms with Crippen LogP contribution in [0.4, 0.5) is 0 Å². The molecule has 144 valence electrons. The van der Waals surface area contributed by atoms with Gasteiger partial charge in [0.2, 0.25) is 5.75 Å². The summed E-state index contributed by atoms with van der Waals surface area (Å²) in [6.07, 6.45) is 0. The third kappa shape index (κ3) is 5.63. The average molecular weight is 492 g/mol. The first-order valence-electron chi connectivity index (χ1n) is 7.79. The smallest absolute Gasteiger partial charge is 0.200 e. The van der Waals surface area contributed by atoms with E-state index >= 15 is 0 Å². The maximum Gasteiger partial charge on any atom is 0.200 e. The molecule has 0 aliphatic heterocycles. The summed E-state index contributed by atoms with van der Waals surface area (Å²) in [7, 11) is 4.72. The summed E-state index contributed by atoms with van der Waals surface area (Å²) in [6.45, 7) is 5.19. The zero-order chi connectivity index (χ0) is 18.4. The van der Waals surface area contributed by atoms with Gasteiger partial charge in [-0.25, -0.2) is 4.98 Å². The van der Waals surface area contributed by atoms with Gasteiger partial charge < -0.3 is 25.2 Å². The monoisotopic (exact) mass is 492 g/mol. The molecule has 0 amide bonds. The van der Waals surface area contributed by atoms with Crippen LogP contribution < -0.4 is 20.1 Å². The second-order valence-corrected chi connectivity index (χ2v) is 6.67. The summed E-state index contributed by atoms with van der Waals surface area (Å²) >= 11 is 1.68. The average Bonchev–Trinajstić information content (AvgIpc) is 2.93. The number of hydrogen-bond donors (Lipinski definition) is 3. The number of aromatic nitrogens is 1. The minimum absolute atomic E-state index is 0. The van der Waals surface area contributed by atoms with Crippen LogP contribution in [0.2, 0.25) is 0 Å². The first-order chi connectivity index (χ1) is 12.0. The third-order valence-corrected chi connectivity index (χ3v) is 4.78. The van der Waals surface area contributed by atoms with E-state index in [1.807, 2.05) is 6.92 Å². The van der Waals surface area contributed by atoms with Crippen molar-refractivity contribution < 1.29 is 14.6 Å². The van der Waals surface area contributed by atoms with Crippen LogP contribution in [0.25, 0.3) is 0 Å². The number of halogens is 1. The molecule has 0 aliphatic rings. The number of ether oxygens (including phenoxy) is 2. The second kappa shape index (κ2) is 10.4. The Morgan fingerprint density at radius 1 is 1.15 bits per heavy atom. The highest BCUT2D eigenvalue weighted by Crippen LogP contribution is 2.36. The van der Waals surface area contributed by atoms with Gasteiger partial charge in [0.25, 0.3) is 0 Å². The lowest BCUT2D eigenvalue weighted by molar-refractivity contribution is 0.339. The molecule has 1 aromatic heterocycles. The number of methoxy groups -OCH3 is 2. The van der Waals surface area contributed by atoms with Crippen molar-refractivity contribution in [1.29, 1.82) is 0 Å². The fourth-order valence-corrected chi connectivity index (χ4v) is 3.10. The number of nitrogens with one attached hydrogen (secondary N) is 2. The zero-order valence-corrected chi connectivity index (χ0v) is 18.7. The van der Waals surface area contributed by atoms with Crippen LogP contribution in [0, 0.1) is 13.8 Å². The lowest BCUT2D eigenvalue weighted by Crippen LogP contribution is -2.36. The highest BCUT2D eigenvalue weighted by atomic mass is 127. The molecule has 0 fully saturated rings. The second-order valence-electron chi connectivity index (χ2n) is 5.38. The van der Waals surface area contributed by atoms with Crippen LogP contribution in [0.3, 0.4) is 0 Å². The van der Waals surface area contributed by atoms with E-state index in [-0.39, 0.29) is 29.7 Å². The molecule has 0 atom stereocenters. The van der Waals surface area contributed by atoms with E-state index in [4.69, 9.17) is 9.47 Å². The molecule has 0 radical (unpaired) electrons. The molecule has 2 rings (SSSR count). The summed E-state index contributed by atoms with van der Waals surface area (Å²) < 4.78 is 10.3. The van der Waals surface area contributed by atoms with Crippen LogP contribution in [0.1, 0.15) is 21.1 Å². The number of guanidine groups is 1. The van der Waals surface area contributed by atoms with Crippen molar-refractivity contribution in [1.82, 2.24) is 15.6 Å². The molecule has 0 bridgehead atoms. The van der Waals surface area contributed by atoms with Crippen LogP contribution in [0.15, 0.2) is 17.1 Å². The molecule has 9 heteroatoms. The summed E-state index contributed by atoms with van der Waals surface area (Å²) in [5.74, 6) is 1.39. The molecule has 1 heterocycles. The van der Waals surface area contributed by atoms with Gasteiger partial charge in [-0.3, -0.25) is 4.99 Å². The van der Waals surface area contributed by atoms with Gasteiger partial charge in [-0.15, -0.1) is 35.3 Å². The van der Waals surface area contributed by atoms with Gasteiger partial charge in [-0.05, 0) is 31.5 Å². The van der Waals surface area contributed by atoms with E-state index in [2.05, 4.69) is 27.5 Å². The molecule has 0 spiro atoms. The van der Waals surface area contributed by atoms with Crippen LogP contribution >= 0.6 is 35.3 Å². The highest BCUT2D eigenvalue weighted by Gasteiger charge is 2.11. The molecule has 0 saturated heterocycles. The molecule has 7 nitrogen and oxygen atoms in total. The molecular formula is C17H25IN4O3S. The summed E-state index contributed by atoms with van der Waals surface area (Å²) in [5.41, 5.74) is 1.96. The molecule has 0 aliphatic carbocycles. The Labute approximate surface area is 174 Å². The maximum atomic E-state index is 9.96. The minimum atomic E-state index is -0.00855. The number of benzene rings is 1. The number of aliphatic imine (C=N–C) groups is 1. The summed E-state index contributed by atoms with van der Waals surface area (Å²) in [6, 6.07) is 3.51. The Hall–Kier alpha value is -1.75. The minimum Gasteiger partial charge on any atom is -0.502 e. The van der Waals surface area contributed by atoms with Crippen LogP contribution in [-0.2, 0) is 13.1 Å². The normalized spacial score (nSPS) is 10.9. The Balaban J connectivity index is 0.00000338. The van der Waals surface area contributed by atoms with Gasteiger partial charge >= 0.3 is 0 Å². The fourth-order valence-electron chi connectivity index (χ4n) is 2.23. The third-order valence-electron chi connectivity index (χ3n) is 3.70. The first kappa shape index (κ1) is 22.3.